The van der Waals surface area contributed by atoms with E-state index in [4.69, 9.17) is 4.98 Å². The van der Waals surface area contributed by atoms with E-state index < -0.39 is 0 Å². The van der Waals surface area contributed by atoms with Crippen LogP contribution in [-0.4, -0.2) is 11.0 Å². The molecule has 4 heteroatoms. The summed E-state index contributed by atoms with van der Waals surface area (Å²) >= 11 is 1.77. The summed E-state index contributed by atoms with van der Waals surface area (Å²) in [6.45, 7) is 2.14. The molecular formula is C17H19N3S. The molecular weight excluding hydrogens is 278 g/mol. The maximum absolute atomic E-state index is 9.36. The average Bonchev–Trinajstić information content (AvgIpc) is 2.99. The van der Waals surface area contributed by atoms with Crippen LogP contribution in [0.5, 0.6) is 0 Å². The Hall–Kier alpha value is -1.86. The third-order valence-electron chi connectivity index (χ3n) is 3.89. The summed E-state index contributed by atoms with van der Waals surface area (Å²) in [6.07, 6.45) is 5.47. The fraction of sp³-hybridized carbons (Fsp3) is 0.412. The van der Waals surface area contributed by atoms with Crippen LogP contribution in [0.15, 0.2) is 23.6 Å². The molecule has 108 valence electrons. The van der Waals surface area contributed by atoms with Gasteiger partial charge in [0.1, 0.15) is 11.9 Å². The molecule has 3 nitrogen and oxygen atoms in total. The van der Waals surface area contributed by atoms with E-state index in [0.29, 0.717) is 5.56 Å². The number of fused-ring (bicyclic) bond motifs is 1. The van der Waals surface area contributed by atoms with Gasteiger partial charge in [-0.15, -0.1) is 11.3 Å². The molecule has 0 amide bonds. The lowest BCUT2D eigenvalue weighted by Gasteiger charge is -2.19. The molecule has 1 N–H and O–H groups in total. The Morgan fingerprint density at radius 2 is 2.29 bits per heavy atom. The van der Waals surface area contributed by atoms with Crippen molar-refractivity contribution in [2.75, 3.05) is 5.32 Å². The summed E-state index contributed by atoms with van der Waals surface area (Å²) in [4.78, 5) is 6.08. The van der Waals surface area contributed by atoms with Gasteiger partial charge in [0, 0.05) is 23.0 Å². The number of rotatable bonds is 4. The van der Waals surface area contributed by atoms with Crippen LogP contribution in [0.3, 0.4) is 0 Å². The van der Waals surface area contributed by atoms with Crippen LogP contribution in [0.4, 0.5) is 5.82 Å². The Bertz CT molecular complexity index is 655. The fourth-order valence-corrected chi connectivity index (χ4v) is 3.68. The Balaban J connectivity index is 1.79. The number of hydrogen-bond donors (Lipinski definition) is 1. The van der Waals surface area contributed by atoms with Crippen LogP contribution in [-0.2, 0) is 19.3 Å². The zero-order valence-corrected chi connectivity index (χ0v) is 13.0. The van der Waals surface area contributed by atoms with Crippen LogP contribution in [0.1, 0.15) is 41.5 Å². The molecule has 21 heavy (non-hydrogen) atoms. The Kier molecular flexibility index (Phi) is 4.21. The molecule has 2 heterocycles. The topological polar surface area (TPSA) is 48.7 Å². The van der Waals surface area contributed by atoms with E-state index in [1.165, 1.54) is 29.0 Å². The van der Waals surface area contributed by atoms with Crippen molar-refractivity contribution >= 4 is 17.2 Å². The second kappa shape index (κ2) is 6.28. The molecule has 3 rings (SSSR count). The number of hydrogen-bond acceptors (Lipinski definition) is 4. The van der Waals surface area contributed by atoms with Crippen molar-refractivity contribution in [2.45, 2.75) is 45.1 Å². The largest absolute Gasteiger partial charge is 0.366 e. The number of pyridine rings is 1. The van der Waals surface area contributed by atoms with Gasteiger partial charge < -0.3 is 5.32 Å². The predicted octanol–water partition coefficient (Wildman–Crippen LogP) is 3.94. The standard InChI is InChI=1S/C17H19N3S/c1-12(9-15-6-4-8-21-15)19-17-14(11-18)10-13-5-2-3-7-16(13)20-17/h4,6,8,10,12H,2-3,5,7,9H2,1H3,(H,19,20). The van der Waals surface area contributed by atoms with Gasteiger partial charge >= 0.3 is 0 Å². The molecule has 0 radical (unpaired) electrons. The third-order valence-corrected chi connectivity index (χ3v) is 4.79. The first kappa shape index (κ1) is 14.1. The van der Waals surface area contributed by atoms with Gasteiger partial charge in [-0.2, -0.15) is 5.26 Å². The molecule has 1 unspecified atom stereocenters. The van der Waals surface area contributed by atoms with Crippen molar-refractivity contribution in [1.29, 1.82) is 5.26 Å². The Morgan fingerprint density at radius 1 is 1.43 bits per heavy atom. The van der Waals surface area contributed by atoms with Gasteiger partial charge in [-0.1, -0.05) is 6.07 Å². The molecule has 0 saturated carbocycles. The van der Waals surface area contributed by atoms with Crippen molar-refractivity contribution in [2.24, 2.45) is 0 Å². The van der Waals surface area contributed by atoms with Crippen molar-refractivity contribution in [3.05, 3.63) is 45.3 Å². The van der Waals surface area contributed by atoms with Gasteiger partial charge in [0.2, 0.25) is 0 Å². The van der Waals surface area contributed by atoms with Crippen molar-refractivity contribution < 1.29 is 0 Å². The van der Waals surface area contributed by atoms with E-state index in [2.05, 4.69) is 35.8 Å². The highest BCUT2D eigenvalue weighted by Gasteiger charge is 2.16. The van der Waals surface area contributed by atoms with Crippen LogP contribution in [0.2, 0.25) is 0 Å². The molecule has 1 aliphatic carbocycles. The SMILES string of the molecule is CC(Cc1cccs1)Nc1nc2c(cc1C#N)CCCC2. The van der Waals surface area contributed by atoms with Gasteiger partial charge in [0.25, 0.3) is 0 Å². The number of thiophene rings is 1. The number of nitrogens with zero attached hydrogens (tertiary/aromatic N) is 2. The molecule has 0 spiro atoms. The van der Waals surface area contributed by atoms with Gasteiger partial charge in [-0.05, 0) is 55.7 Å². The van der Waals surface area contributed by atoms with Crippen LogP contribution in [0, 0.1) is 11.3 Å². The summed E-state index contributed by atoms with van der Waals surface area (Å²) in [6, 6.07) is 8.81. The summed E-state index contributed by atoms with van der Waals surface area (Å²) < 4.78 is 0. The number of nitrogens with one attached hydrogen (secondary N) is 1. The molecule has 0 fully saturated rings. The van der Waals surface area contributed by atoms with E-state index in [-0.39, 0.29) is 6.04 Å². The molecule has 0 saturated heterocycles. The lowest BCUT2D eigenvalue weighted by Crippen LogP contribution is -2.20. The second-order valence-electron chi connectivity index (χ2n) is 5.64. The van der Waals surface area contributed by atoms with Crippen molar-refractivity contribution in [1.82, 2.24) is 4.98 Å². The quantitative estimate of drug-likeness (QED) is 0.930. The van der Waals surface area contributed by atoms with Crippen molar-refractivity contribution in [3.8, 4) is 6.07 Å². The smallest absolute Gasteiger partial charge is 0.144 e. The Morgan fingerprint density at radius 3 is 3.05 bits per heavy atom. The normalized spacial score (nSPS) is 15.0. The number of aryl methyl sites for hydroxylation is 2. The molecule has 2 aromatic rings. The fourth-order valence-electron chi connectivity index (χ4n) is 2.84. The van der Waals surface area contributed by atoms with Gasteiger partial charge in [-0.25, -0.2) is 4.98 Å². The van der Waals surface area contributed by atoms with Crippen LogP contribution < -0.4 is 5.32 Å². The lowest BCUT2D eigenvalue weighted by atomic mass is 9.95. The second-order valence-corrected chi connectivity index (χ2v) is 6.67. The molecule has 1 atom stereocenters. The maximum Gasteiger partial charge on any atom is 0.144 e. The number of nitriles is 1. The average molecular weight is 297 g/mol. The first-order chi connectivity index (χ1) is 10.3. The monoisotopic (exact) mass is 297 g/mol. The summed E-state index contributed by atoms with van der Waals surface area (Å²) in [5.41, 5.74) is 3.11. The summed E-state index contributed by atoms with van der Waals surface area (Å²) in [7, 11) is 0. The zero-order valence-electron chi connectivity index (χ0n) is 12.2. The van der Waals surface area contributed by atoms with E-state index >= 15 is 0 Å². The van der Waals surface area contributed by atoms with Gasteiger partial charge in [0.05, 0.1) is 5.56 Å². The van der Waals surface area contributed by atoms with E-state index in [1.807, 2.05) is 6.07 Å². The Labute approximate surface area is 129 Å². The maximum atomic E-state index is 9.36. The van der Waals surface area contributed by atoms with Gasteiger partial charge in [0.15, 0.2) is 0 Å². The third kappa shape index (κ3) is 3.25. The highest BCUT2D eigenvalue weighted by molar-refractivity contribution is 7.09. The predicted molar refractivity (Wildman–Crippen MR) is 86.7 cm³/mol. The highest BCUT2D eigenvalue weighted by atomic mass is 32.1. The highest BCUT2D eigenvalue weighted by Crippen LogP contribution is 2.25. The van der Waals surface area contributed by atoms with Crippen LogP contribution >= 0.6 is 11.3 Å². The van der Waals surface area contributed by atoms with E-state index in [0.717, 1.165) is 25.1 Å². The lowest BCUT2D eigenvalue weighted by molar-refractivity contribution is 0.666. The minimum Gasteiger partial charge on any atom is -0.366 e. The zero-order chi connectivity index (χ0) is 14.7. The van der Waals surface area contributed by atoms with E-state index in [1.54, 1.807) is 11.3 Å². The molecule has 2 aromatic heterocycles. The first-order valence-electron chi connectivity index (χ1n) is 7.48. The molecule has 0 aliphatic heterocycles. The van der Waals surface area contributed by atoms with E-state index in [9.17, 15) is 5.26 Å². The minimum atomic E-state index is 0.268. The number of aromatic nitrogens is 1. The van der Waals surface area contributed by atoms with Crippen molar-refractivity contribution in [3.63, 3.8) is 0 Å². The molecule has 0 bridgehead atoms. The summed E-state index contributed by atoms with van der Waals surface area (Å²) in [5.74, 6) is 0.752. The summed E-state index contributed by atoms with van der Waals surface area (Å²) in [5, 5.41) is 14.9. The van der Waals surface area contributed by atoms with Crippen LogP contribution in [0.25, 0.3) is 0 Å². The number of anilines is 1. The molecule has 1 aliphatic rings. The minimum absolute atomic E-state index is 0.268. The molecule has 0 aromatic carbocycles. The van der Waals surface area contributed by atoms with Gasteiger partial charge in [-0.3, -0.25) is 0 Å². The first-order valence-corrected chi connectivity index (χ1v) is 8.36.